The molecular formula is C7H15NO2S. The van der Waals surface area contributed by atoms with Gasteiger partial charge in [0.15, 0.2) is 0 Å². The molecule has 0 fully saturated rings. The van der Waals surface area contributed by atoms with E-state index in [9.17, 15) is 4.79 Å². The lowest BCUT2D eigenvalue weighted by Gasteiger charge is -2.13. The Morgan fingerprint density at radius 1 is 1.64 bits per heavy atom. The molecule has 0 aromatic heterocycles. The molecule has 0 aliphatic heterocycles. The summed E-state index contributed by atoms with van der Waals surface area (Å²) in [4.78, 5) is 12.4. The monoisotopic (exact) mass is 177 g/mol. The minimum atomic E-state index is -0.274. The van der Waals surface area contributed by atoms with Crippen molar-refractivity contribution in [1.29, 1.82) is 0 Å². The maximum absolute atomic E-state index is 10.4. The fourth-order valence-electron chi connectivity index (χ4n) is 0.619. The predicted octanol–water partition coefficient (Wildman–Crippen LogP) is 0.757. The van der Waals surface area contributed by atoms with Gasteiger partial charge in [-0.3, -0.25) is 4.79 Å². The van der Waals surface area contributed by atoms with Gasteiger partial charge in [-0.05, 0) is 14.1 Å². The van der Waals surface area contributed by atoms with Gasteiger partial charge >= 0.3 is 5.97 Å². The van der Waals surface area contributed by atoms with Crippen LogP contribution >= 0.6 is 12.6 Å². The second-order valence-corrected chi connectivity index (χ2v) is 3.23. The van der Waals surface area contributed by atoms with Gasteiger partial charge in [-0.25, -0.2) is 0 Å². The van der Waals surface area contributed by atoms with Crippen molar-refractivity contribution >= 4 is 18.6 Å². The van der Waals surface area contributed by atoms with Crippen LogP contribution in [0.25, 0.3) is 0 Å². The Bertz CT molecular complexity index is 128. The Hall–Kier alpha value is -0.220. The Morgan fingerprint density at radius 3 is 2.55 bits per heavy atom. The first-order valence-electron chi connectivity index (χ1n) is 3.52. The van der Waals surface area contributed by atoms with Crippen LogP contribution in [0.5, 0.6) is 0 Å². The van der Waals surface area contributed by atoms with E-state index < -0.39 is 0 Å². The number of carbonyl (C=O) groups is 1. The minimum Gasteiger partial charge on any atom is -0.452 e. The molecule has 0 bridgehead atoms. The summed E-state index contributed by atoms with van der Waals surface area (Å²) in [7, 11) is 3.93. The molecule has 0 aromatic rings. The number of thiol groups is 1. The molecule has 0 spiro atoms. The molecular weight excluding hydrogens is 162 g/mol. The normalized spacial score (nSPS) is 13.2. The molecule has 4 heteroatoms. The third-order valence-electron chi connectivity index (χ3n) is 1.13. The van der Waals surface area contributed by atoms with Crippen molar-refractivity contribution in [3.8, 4) is 0 Å². The third kappa shape index (κ3) is 7.68. The summed E-state index contributed by atoms with van der Waals surface area (Å²) in [5, 5.41) is 0. The second-order valence-electron chi connectivity index (χ2n) is 2.66. The molecule has 3 nitrogen and oxygen atoms in total. The quantitative estimate of drug-likeness (QED) is 0.390. The van der Waals surface area contributed by atoms with Gasteiger partial charge in [-0.1, -0.05) is 0 Å². The van der Waals surface area contributed by atoms with Crippen molar-refractivity contribution < 1.29 is 9.53 Å². The highest BCUT2D eigenvalue weighted by Crippen LogP contribution is 2.03. The number of esters is 1. The van der Waals surface area contributed by atoms with Crippen LogP contribution in [0, 0.1) is 0 Å². The van der Waals surface area contributed by atoms with E-state index in [0.29, 0.717) is 0 Å². The Labute approximate surface area is 73.1 Å². The van der Waals surface area contributed by atoms with Crippen LogP contribution in [-0.4, -0.2) is 36.9 Å². The summed E-state index contributed by atoms with van der Waals surface area (Å²) < 4.78 is 4.80. The fourth-order valence-corrected chi connectivity index (χ4v) is 0.883. The predicted molar refractivity (Wildman–Crippen MR) is 47.7 cm³/mol. The molecule has 11 heavy (non-hydrogen) atoms. The van der Waals surface area contributed by atoms with Gasteiger partial charge < -0.3 is 9.64 Å². The van der Waals surface area contributed by atoms with E-state index in [2.05, 4.69) is 12.6 Å². The van der Waals surface area contributed by atoms with E-state index in [-0.39, 0.29) is 11.4 Å². The first-order valence-corrected chi connectivity index (χ1v) is 4.04. The molecule has 0 heterocycles. The first-order chi connectivity index (χ1) is 5.02. The Kier molecular flexibility index (Phi) is 5.32. The van der Waals surface area contributed by atoms with Crippen molar-refractivity contribution in [3.05, 3.63) is 0 Å². The van der Waals surface area contributed by atoms with Gasteiger partial charge in [0, 0.05) is 19.9 Å². The summed E-state index contributed by atoms with van der Waals surface area (Å²) in [5.74, 6) is -0.274. The average Bonchev–Trinajstić information content (AvgIpc) is 1.82. The average molecular weight is 177 g/mol. The number of nitrogens with zero attached hydrogens (tertiary/aromatic N) is 1. The van der Waals surface area contributed by atoms with E-state index >= 15 is 0 Å². The van der Waals surface area contributed by atoms with Gasteiger partial charge in [-0.2, -0.15) is 0 Å². The van der Waals surface area contributed by atoms with Crippen LogP contribution in [0.1, 0.15) is 13.3 Å². The second kappa shape index (κ2) is 5.43. The molecule has 0 saturated carbocycles. The highest BCUT2D eigenvalue weighted by atomic mass is 32.1. The van der Waals surface area contributed by atoms with Crippen molar-refractivity contribution in [1.82, 2.24) is 4.90 Å². The van der Waals surface area contributed by atoms with E-state index in [4.69, 9.17) is 4.74 Å². The first kappa shape index (κ1) is 10.8. The van der Waals surface area contributed by atoms with Gasteiger partial charge in [0.2, 0.25) is 0 Å². The standard InChI is InChI=1S/C7H15NO2S/c1-6(9)10-7(11)4-5-8(2)3/h7,11H,4-5H2,1-3H3. The van der Waals surface area contributed by atoms with Crippen LogP contribution in [-0.2, 0) is 9.53 Å². The number of ether oxygens (including phenoxy) is 1. The zero-order valence-electron chi connectivity index (χ0n) is 7.20. The van der Waals surface area contributed by atoms with E-state index in [1.54, 1.807) is 0 Å². The molecule has 0 saturated heterocycles. The van der Waals surface area contributed by atoms with Gasteiger partial charge in [-0.15, -0.1) is 12.6 Å². The van der Waals surface area contributed by atoms with Gasteiger partial charge in [0.1, 0.15) is 5.44 Å². The van der Waals surface area contributed by atoms with Crippen molar-refractivity contribution in [2.45, 2.75) is 18.8 Å². The zero-order valence-corrected chi connectivity index (χ0v) is 8.10. The fraction of sp³-hybridized carbons (Fsp3) is 0.857. The van der Waals surface area contributed by atoms with Crippen LogP contribution in [0.2, 0.25) is 0 Å². The maximum atomic E-state index is 10.4. The lowest BCUT2D eigenvalue weighted by atomic mass is 10.4. The molecule has 0 aliphatic rings. The number of carbonyl (C=O) groups excluding carboxylic acids is 1. The molecule has 1 atom stereocenters. The third-order valence-corrected chi connectivity index (χ3v) is 1.49. The highest BCUT2D eigenvalue weighted by molar-refractivity contribution is 7.80. The van der Waals surface area contributed by atoms with Gasteiger partial charge in [0.05, 0.1) is 0 Å². The van der Waals surface area contributed by atoms with E-state index in [1.807, 2.05) is 19.0 Å². The smallest absolute Gasteiger partial charge is 0.303 e. The highest BCUT2D eigenvalue weighted by Gasteiger charge is 2.05. The number of hydrogen-bond donors (Lipinski definition) is 1. The van der Waals surface area contributed by atoms with Crippen molar-refractivity contribution in [2.24, 2.45) is 0 Å². The van der Waals surface area contributed by atoms with E-state index in [0.717, 1.165) is 13.0 Å². The summed E-state index contributed by atoms with van der Waals surface area (Å²) in [6, 6.07) is 0. The molecule has 0 aromatic carbocycles. The van der Waals surface area contributed by atoms with E-state index in [1.165, 1.54) is 6.92 Å². The lowest BCUT2D eigenvalue weighted by molar-refractivity contribution is -0.142. The summed E-state index contributed by atoms with van der Waals surface area (Å²) in [5.41, 5.74) is -0.269. The molecule has 0 radical (unpaired) electrons. The summed E-state index contributed by atoms with van der Waals surface area (Å²) in [6.45, 7) is 2.26. The Balaban J connectivity index is 3.37. The molecule has 0 N–H and O–H groups in total. The summed E-state index contributed by atoms with van der Waals surface area (Å²) >= 11 is 4.07. The molecule has 66 valence electrons. The molecule has 0 aliphatic carbocycles. The van der Waals surface area contributed by atoms with Crippen LogP contribution < -0.4 is 0 Å². The maximum Gasteiger partial charge on any atom is 0.303 e. The van der Waals surface area contributed by atoms with Crippen molar-refractivity contribution in [3.63, 3.8) is 0 Å². The SMILES string of the molecule is CC(=O)OC(S)CCN(C)C. The minimum absolute atomic E-state index is 0.269. The van der Waals surface area contributed by atoms with Crippen LogP contribution in [0.3, 0.4) is 0 Å². The van der Waals surface area contributed by atoms with Crippen LogP contribution in [0.4, 0.5) is 0 Å². The zero-order chi connectivity index (χ0) is 8.85. The molecule has 1 unspecified atom stereocenters. The largest absolute Gasteiger partial charge is 0.452 e. The lowest BCUT2D eigenvalue weighted by Crippen LogP contribution is -2.19. The van der Waals surface area contributed by atoms with Crippen LogP contribution in [0.15, 0.2) is 0 Å². The number of hydrogen-bond acceptors (Lipinski definition) is 4. The summed E-state index contributed by atoms with van der Waals surface area (Å²) in [6.07, 6.45) is 0.760. The van der Waals surface area contributed by atoms with Gasteiger partial charge in [0.25, 0.3) is 0 Å². The molecule has 0 amide bonds. The topological polar surface area (TPSA) is 29.5 Å². The van der Waals surface area contributed by atoms with Crippen molar-refractivity contribution in [2.75, 3.05) is 20.6 Å². The molecule has 0 rings (SSSR count). The Morgan fingerprint density at radius 2 is 2.18 bits per heavy atom. The number of rotatable bonds is 4.